The molecule has 0 radical (unpaired) electrons. The van der Waals surface area contributed by atoms with Crippen molar-refractivity contribution in [2.45, 2.75) is 39.0 Å². The van der Waals surface area contributed by atoms with Gasteiger partial charge in [-0.3, -0.25) is 0 Å². The van der Waals surface area contributed by atoms with Crippen LogP contribution in [0, 0.1) is 5.92 Å². The van der Waals surface area contributed by atoms with Crippen LogP contribution in [0.3, 0.4) is 0 Å². The van der Waals surface area contributed by atoms with E-state index in [-0.39, 0.29) is 0 Å². The number of alkyl halides is 1. The molecular formula is C8H19ClSi. The van der Waals surface area contributed by atoms with Gasteiger partial charge in [0.25, 0.3) is 0 Å². The van der Waals surface area contributed by atoms with Crippen LogP contribution < -0.4 is 0 Å². The summed E-state index contributed by atoms with van der Waals surface area (Å²) in [5.41, 5.74) is 0. The Hall–Kier alpha value is 0.507. The summed E-state index contributed by atoms with van der Waals surface area (Å²) in [7, 11) is -0.816. The third-order valence-electron chi connectivity index (χ3n) is 1.56. The molecule has 0 saturated heterocycles. The van der Waals surface area contributed by atoms with Gasteiger partial charge < -0.3 is 0 Å². The average molecular weight is 179 g/mol. The van der Waals surface area contributed by atoms with Gasteiger partial charge in [0, 0.05) is 14.0 Å². The molecule has 0 heterocycles. The predicted molar refractivity (Wildman–Crippen MR) is 52.7 cm³/mol. The van der Waals surface area contributed by atoms with Crippen molar-refractivity contribution in [2.75, 3.05) is 5.88 Å². The zero-order valence-corrected chi connectivity index (χ0v) is 9.33. The summed E-state index contributed by atoms with van der Waals surface area (Å²) in [5, 5.41) is 0. The van der Waals surface area contributed by atoms with Gasteiger partial charge in [0.1, 0.15) is 0 Å². The molecule has 0 nitrogen and oxygen atoms in total. The molecule has 1 atom stereocenters. The molecule has 0 aromatic heterocycles. The zero-order valence-electron chi connectivity index (χ0n) is 7.58. The monoisotopic (exact) mass is 178 g/mol. The van der Waals surface area contributed by atoms with Crippen LogP contribution >= 0.6 is 11.6 Å². The molecular weight excluding hydrogens is 160 g/mol. The van der Waals surface area contributed by atoms with Crippen molar-refractivity contribution in [3.05, 3.63) is 0 Å². The molecule has 0 aliphatic heterocycles. The standard InChI is InChI=1S/C8H19ClSi/c1-8(5-6-9)7-10(2,3)4/h8H,5-7H2,1-4H3. The summed E-state index contributed by atoms with van der Waals surface area (Å²) in [6, 6.07) is 1.42. The van der Waals surface area contributed by atoms with Gasteiger partial charge in [-0.15, -0.1) is 11.6 Å². The first-order valence-electron chi connectivity index (χ1n) is 4.01. The van der Waals surface area contributed by atoms with E-state index in [1.54, 1.807) is 0 Å². The van der Waals surface area contributed by atoms with Crippen LogP contribution in [0.15, 0.2) is 0 Å². The molecule has 0 aromatic carbocycles. The second-order valence-electron chi connectivity index (χ2n) is 4.35. The van der Waals surface area contributed by atoms with Gasteiger partial charge in [0.2, 0.25) is 0 Å². The van der Waals surface area contributed by atoms with Crippen LogP contribution in [0.5, 0.6) is 0 Å². The maximum atomic E-state index is 5.64. The molecule has 2 heteroatoms. The molecule has 0 aromatic rings. The second kappa shape index (κ2) is 4.40. The summed E-state index contributed by atoms with van der Waals surface area (Å²) in [5.74, 6) is 1.66. The molecule has 0 bridgehead atoms. The minimum atomic E-state index is -0.816. The highest BCUT2D eigenvalue weighted by molar-refractivity contribution is 6.76. The quantitative estimate of drug-likeness (QED) is 0.456. The molecule has 1 unspecified atom stereocenters. The van der Waals surface area contributed by atoms with Crippen molar-refractivity contribution >= 4 is 19.7 Å². The lowest BCUT2D eigenvalue weighted by Gasteiger charge is -2.20. The molecule has 0 saturated carbocycles. The Morgan fingerprint density at radius 3 is 2.10 bits per heavy atom. The number of hydrogen-bond acceptors (Lipinski definition) is 0. The Labute approximate surface area is 71.0 Å². The molecule has 62 valence electrons. The van der Waals surface area contributed by atoms with Crippen molar-refractivity contribution in [2.24, 2.45) is 5.92 Å². The van der Waals surface area contributed by atoms with Crippen LogP contribution in [0.2, 0.25) is 25.7 Å². The molecule has 0 amide bonds. The lowest BCUT2D eigenvalue weighted by atomic mass is 10.2. The first kappa shape index (κ1) is 10.5. The van der Waals surface area contributed by atoms with E-state index in [1.165, 1.54) is 12.5 Å². The van der Waals surface area contributed by atoms with Crippen molar-refractivity contribution in [1.82, 2.24) is 0 Å². The normalized spacial score (nSPS) is 15.3. The van der Waals surface area contributed by atoms with E-state index in [9.17, 15) is 0 Å². The SMILES string of the molecule is CC(CCCl)C[Si](C)(C)C. The first-order chi connectivity index (χ1) is 4.45. The Bertz CT molecular complexity index is 85.7. The third kappa shape index (κ3) is 6.62. The van der Waals surface area contributed by atoms with Gasteiger partial charge in [-0.25, -0.2) is 0 Å². The fourth-order valence-electron chi connectivity index (χ4n) is 1.33. The second-order valence-corrected chi connectivity index (χ2v) is 10.3. The van der Waals surface area contributed by atoms with Crippen LogP contribution in [0.1, 0.15) is 13.3 Å². The Morgan fingerprint density at radius 2 is 1.80 bits per heavy atom. The fourth-order valence-corrected chi connectivity index (χ4v) is 4.00. The molecule has 0 spiro atoms. The molecule has 0 rings (SSSR count). The van der Waals surface area contributed by atoms with Gasteiger partial charge >= 0.3 is 0 Å². The molecule has 0 N–H and O–H groups in total. The van der Waals surface area contributed by atoms with Crippen molar-refractivity contribution in [3.63, 3.8) is 0 Å². The van der Waals surface area contributed by atoms with Gasteiger partial charge in [-0.1, -0.05) is 32.6 Å². The third-order valence-corrected chi connectivity index (χ3v) is 3.70. The maximum absolute atomic E-state index is 5.64. The van der Waals surface area contributed by atoms with E-state index in [0.29, 0.717) is 0 Å². The predicted octanol–water partition coefficient (Wildman–Crippen LogP) is 3.59. The van der Waals surface area contributed by atoms with E-state index < -0.39 is 8.07 Å². The number of rotatable bonds is 4. The summed E-state index contributed by atoms with van der Waals surface area (Å²) in [6.07, 6.45) is 1.19. The lowest BCUT2D eigenvalue weighted by molar-refractivity contribution is 0.619. The fraction of sp³-hybridized carbons (Fsp3) is 1.00. The highest BCUT2D eigenvalue weighted by atomic mass is 35.5. The summed E-state index contributed by atoms with van der Waals surface area (Å²) in [4.78, 5) is 0. The Morgan fingerprint density at radius 1 is 1.30 bits per heavy atom. The van der Waals surface area contributed by atoms with E-state index in [0.717, 1.165) is 11.8 Å². The molecule has 0 fully saturated rings. The average Bonchev–Trinajstić information content (AvgIpc) is 1.59. The smallest absolute Gasteiger partial charge is 0.0445 e. The van der Waals surface area contributed by atoms with E-state index in [4.69, 9.17) is 11.6 Å². The van der Waals surface area contributed by atoms with Gasteiger partial charge in [0.05, 0.1) is 0 Å². The summed E-state index contributed by atoms with van der Waals surface area (Å²) >= 11 is 5.64. The van der Waals surface area contributed by atoms with Gasteiger partial charge in [0.15, 0.2) is 0 Å². The summed E-state index contributed by atoms with van der Waals surface area (Å²) < 4.78 is 0. The molecule has 0 aliphatic rings. The highest BCUT2D eigenvalue weighted by Crippen LogP contribution is 2.19. The largest absolute Gasteiger partial charge is 0.127 e. The van der Waals surface area contributed by atoms with Crippen LogP contribution in [0.25, 0.3) is 0 Å². The minimum Gasteiger partial charge on any atom is -0.127 e. The van der Waals surface area contributed by atoms with Crippen LogP contribution in [0.4, 0.5) is 0 Å². The lowest BCUT2D eigenvalue weighted by Crippen LogP contribution is -2.22. The molecule has 10 heavy (non-hydrogen) atoms. The highest BCUT2D eigenvalue weighted by Gasteiger charge is 2.16. The van der Waals surface area contributed by atoms with E-state index >= 15 is 0 Å². The van der Waals surface area contributed by atoms with Crippen LogP contribution in [-0.2, 0) is 0 Å². The van der Waals surface area contributed by atoms with Crippen LogP contribution in [-0.4, -0.2) is 14.0 Å². The zero-order chi connectivity index (χ0) is 8.20. The van der Waals surface area contributed by atoms with Gasteiger partial charge in [-0.05, 0) is 12.3 Å². The van der Waals surface area contributed by atoms with Crippen molar-refractivity contribution < 1.29 is 0 Å². The topological polar surface area (TPSA) is 0 Å². The minimum absolute atomic E-state index is 0.816. The Kier molecular flexibility index (Phi) is 4.62. The Balaban J connectivity index is 3.47. The van der Waals surface area contributed by atoms with E-state index in [2.05, 4.69) is 26.6 Å². The van der Waals surface area contributed by atoms with Gasteiger partial charge in [-0.2, -0.15) is 0 Å². The maximum Gasteiger partial charge on any atom is 0.0445 e. The van der Waals surface area contributed by atoms with E-state index in [1.807, 2.05) is 0 Å². The summed E-state index contributed by atoms with van der Waals surface area (Å²) in [6.45, 7) is 9.55. The van der Waals surface area contributed by atoms with Crippen molar-refractivity contribution in [3.8, 4) is 0 Å². The van der Waals surface area contributed by atoms with Crippen molar-refractivity contribution in [1.29, 1.82) is 0 Å². The number of halogens is 1. The molecule has 0 aliphatic carbocycles. The number of hydrogen-bond donors (Lipinski definition) is 0. The first-order valence-corrected chi connectivity index (χ1v) is 8.26.